The van der Waals surface area contributed by atoms with Gasteiger partial charge in [-0.15, -0.1) is 11.3 Å². The SMILES string of the molecule is Clc1ccc(Cc2cc(Br)ccc2-c2ccccc2)s1. The zero-order valence-corrected chi connectivity index (χ0v) is 13.8. The molecule has 0 aliphatic heterocycles. The summed E-state index contributed by atoms with van der Waals surface area (Å²) in [6, 6.07) is 21.0. The molecule has 0 atom stereocenters. The van der Waals surface area contributed by atoms with E-state index in [1.54, 1.807) is 11.3 Å². The van der Waals surface area contributed by atoms with Crippen molar-refractivity contribution in [2.45, 2.75) is 6.42 Å². The van der Waals surface area contributed by atoms with Crippen LogP contribution >= 0.6 is 38.9 Å². The predicted octanol–water partition coefficient (Wildman–Crippen LogP) is 6.42. The highest BCUT2D eigenvalue weighted by atomic mass is 79.9. The second kappa shape index (κ2) is 6.13. The van der Waals surface area contributed by atoms with Gasteiger partial charge in [0.1, 0.15) is 0 Å². The van der Waals surface area contributed by atoms with Crippen LogP contribution in [-0.2, 0) is 6.42 Å². The van der Waals surface area contributed by atoms with Crippen molar-refractivity contribution in [3.63, 3.8) is 0 Å². The molecule has 0 N–H and O–H groups in total. The maximum absolute atomic E-state index is 6.02. The third kappa shape index (κ3) is 3.14. The molecule has 100 valence electrons. The second-order valence-corrected chi connectivity index (χ2v) is 7.27. The van der Waals surface area contributed by atoms with Crippen molar-refractivity contribution in [1.29, 1.82) is 0 Å². The van der Waals surface area contributed by atoms with E-state index in [1.165, 1.54) is 21.6 Å². The van der Waals surface area contributed by atoms with Gasteiger partial charge in [-0.1, -0.05) is 63.9 Å². The molecule has 0 amide bonds. The maximum atomic E-state index is 6.02. The second-order valence-electron chi connectivity index (χ2n) is 4.55. The fourth-order valence-electron chi connectivity index (χ4n) is 2.24. The molecule has 1 aromatic heterocycles. The molecule has 20 heavy (non-hydrogen) atoms. The first-order valence-corrected chi connectivity index (χ1v) is 8.29. The number of rotatable bonds is 3. The molecular formula is C17H12BrClS. The smallest absolute Gasteiger partial charge is 0.0931 e. The lowest BCUT2D eigenvalue weighted by atomic mass is 9.97. The number of hydrogen-bond donors (Lipinski definition) is 0. The number of hydrogen-bond acceptors (Lipinski definition) is 1. The highest BCUT2D eigenvalue weighted by molar-refractivity contribution is 9.10. The summed E-state index contributed by atoms with van der Waals surface area (Å²) in [4.78, 5) is 1.28. The standard InChI is InChI=1S/C17H12BrClS/c18-14-6-8-16(12-4-2-1-3-5-12)13(10-14)11-15-7-9-17(19)20-15/h1-10H,11H2. The van der Waals surface area contributed by atoms with Crippen molar-refractivity contribution in [3.05, 3.63) is 79.9 Å². The van der Waals surface area contributed by atoms with E-state index in [0.29, 0.717) is 0 Å². The van der Waals surface area contributed by atoms with Crippen LogP contribution in [0.4, 0.5) is 0 Å². The van der Waals surface area contributed by atoms with Crippen LogP contribution < -0.4 is 0 Å². The van der Waals surface area contributed by atoms with E-state index >= 15 is 0 Å². The minimum Gasteiger partial charge on any atom is -0.128 e. The quantitative estimate of drug-likeness (QED) is 0.503. The molecule has 3 aromatic rings. The van der Waals surface area contributed by atoms with Crippen molar-refractivity contribution in [1.82, 2.24) is 0 Å². The summed E-state index contributed by atoms with van der Waals surface area (Å²) in [5.41, 5.74) is 3.83. The molecule has 0 spiro atoms. The normalized spacial score (nSPS) is 10.7. The van der Waals surface area contributed by atoms with E-state index < -0.39 is 0 Å². The molecule has 0 bridgehead atoms. The molecule has 0 radical (unpaired) electrons. The average Bonchev–Trinajstić information content (AvgIpc) is 2.85. The zero-order chi connectivity index (χ0) is 13.9. The molecule has 0 nitrogen and oxygen atoms in total. The van der Waals surface area contributed by atoms with Gasteiger partial charge >= 0.3 is 0 Å². The Morgan fingerprint density at radius 1 is 0.950 bits per heavy atom. The Morgan fingerprint density at radius 2 is 1.75 bits per heavy atom. The highest BCUT2D eigenvalue weighted by Gasteiger charge is 2.08. The van der Waals surface area contributed by atoms with Crippen molar-refractivity contribution < 1.29 is 0 Å². The van der Waals surface area contributed by atoms with Crippen LogP contribution in [0.3, 0.4) is 0 Å². The van der Waals surface area contributed by atoms with Gasteiger partial charge < -0.3 is 0 Å². The van der Waals surface area contributed by atoms with Crippen molar-refractivity contribution in [2.75, 3.05) is 0 Å². The van der Waals surface area contributed by atoms with E-state index in [-0.39, 0.29) is 0 Å². The third-order valence-corrected chi connectivity index (χ3v) is 4.87. The van der Waals surface area contributed by atoms with Gasteiger partial charge in [-0.2, -0.15) is 0 Å². The van der Waals surface area contributed by atoms with E-state index in [2.05, 4.69) is 64.5 Å². The van der Waals surface area contributed by atoms with Gasteiger partial charge in [0.2, 0.25) is 0 Å². The molecule has 0 aliphatic rings. The third-order valence-electron chi connectivity index (χ3n) is 3.15. The van der Waals surface area contributed by atoms with Crippen LogP contribution in [0.25, 0.3) is 11.1 Å². The number of benzene rings is 2. The first kappa shape index (κ1) is 13.9. The molecule has 0 fully saturated rings. The van der Waals surface area contributed by atoms with Crippen molar-refractivity contribution in [3.8, 4) is 11.1 Å². The molecule has 0 saturated carbocycles. The molecule has 0 aliphatic carbocycles. The van der Waals surface area contributed by atoms with E-state index in [1.807, 2.05) is 12.1 Å². The Morgan fingerprint density at radius 3 is 2.45 bits per heavy atom. The summed E-state index contributed by atoms with van der Waals surface area (Å²) in [7, 11) is 0. The van der Waals surface area contributed by atoms with Gasteiger partial charge in [-0.25, -0.2) is 0 Å². The summed E-state index contributed by atoms with van der Waals surface area (Å²) in [5.74, 6) is 0. The van der Waals surface area contributed by atoms with Crippen molar-refractivity contribution in [2.24, 2.45) is 0 Å². The fraction of sp³-hybridized carbons (Fsp3) is 0.0588. The summed E-state index contributed by atoms with van der Waals surface area (Å²) >= 11 is 11.2. The zero-order valence-electron chi connectivity index (χ0n) is 10.6. The Balaban J connectivity index is 2.03. The van der Waals surface area contributed by atoms with Gasteiger partial charge in [0, 0.05) is 15.8 Å². The van der Waals surface area contributed by atoms with Gasteiger partial charge in [-0.05, 0) is 41.0 Å². The lowest BCUT2D eigenvalue weighted by Crippen LogP contribution is -1.90. The van der Waals surface area contributed by atoms with E-state index in [4.69, 9.17) is 11.6 Å². The lowest BCUT2D eigenvalue weighted by Gasteiger charge is -2.10. The highest BCUT2D eigenvalue weighted by Crippen LogP contribution is 2.31. The summed E-state index contributed by atoms with van der Waals surface area (Å²) < 4.78 is 1.95. The van der Waals surface area contributed by atoms with Gasteiger partial charge in [0.15, 0.2) is 0 Å². The topological polar surface area (TPSA) is 0 Å². The Hall–Kier alpha value is -1.09. The predicted molar refractivity (Wildman–Crippen MR) is 91.7 cm³/mol. The largest absolute Gasteiger partial charge is 0.128 e. The first-order valence-electron chi connectivity index (χ1n) is 6.30. The first-order chi connectivity index (χ1) is 9.72. The van der Waals surface area contributed by atoms with Gasteiger partial charge in [0.25, 0.3) is 0 Å². The van der Waals surface area contributed by atoms with Crippen LogP contribution in [0.5, 0.6) is 0 Å². The van der Waals surface area contributed by atoms with Crippen LogP contribution in [0.2, 0.25) is 4.34 Å². The molecule has 3 heteroatoms. The molecule has 1 heterocycles. The van der Waals surface area contributed by atoms with E-state index in [0.717, 1.165) is 15.2 Å². The van der Waals surface area contributed by atoms with Crippen LogP contribution in [0.1, 0.15) is 10.4 Å². The van der Waals surface area contributed by atoms with E-state index in [9.17, 15) is 0 Å². The summed E-state index contributed by atoms with van der Waals surface area (Å²) in [5, 5.41) is 0. The van der Waals surface area contributed by atoms with Crippen LogP contribution in [0.15, 0.2) is 65.1 Å². The summed E-state index contributed by atoms with van der Waals surface area (Å²) in [6.07, 6.45) is 0.904. The number of halogens is 2. The molecule has 3 rings (SSSR count). The molecular weight excluding hydrogens is 352 g/mol. The van der Waals surface area contributed by atoms with Gasteiger partial charge in [0.05, 0.1) is 4.34 Å². The molecule has 0 unspecified atom stereocenters. The number of thiophene rings is 1. The molecule has 0 saturated heterocycles. The Kier molecular flexibility index (Phi) is 4.25. The Bertz CT molecular complexity index is 719. The maximum Gasteiger partial charge on any atom is 0.0931 e. The minimum absolute atomic E-state index is 0.844. The fourth-order valence-corrected chi connectivity index (χ4v) is 3.76. The lowest BCUT2D eigenvalue weighted by molar-refractivity contribution is 1.24. The average molecular weight is 364 g/mol. The summed E-state index contributed by atoms with van der Waals surface area (Å²) in [6.45, 7) is 0. The van der Waals surface area contributed by atoms with Crippen LogP contribution in [-0.4, -0.2) is 0 Å². The minimum atomic E-state index is 0.844. The monoisotopic (exact) mass is 362 g/mol. The van der Waals surface area contributed by atoms with Gasteiger partial charge in [-0.3, -0.25) is 0 Å². The van der Waals surface area contributed by atoms with Crippen molar-refractivity contribution >= 4 is 38.9 Å². The Labute approximate surface area is 136 Å². The van der Waals surface area contributed by atoms with Crippen LogP contribution in [0, 0.1) is 0 Å². The molecule has 2 aromatic carbocycles.